The Bertz CT molecular complexity index is 330. The molecule has 3 saturated heterocycles. The van der Waals surface area contributed by atoms with Crippen LogP contribution >= 0.6 is 0 Å². The number of likely N-dealkylation sites (N-methyl/N-ethyl adjacent to an activating group) is 1. The van der Waals surface area contributed by atoms with Crippen LogP contribution in [0, 0.1) is 0 Å². The maximum atomic E-state index is 5.25. The fraction of sp³-hybridized carbons (Fsp3) is 1.00. The molecular weight excluding hydrogens is 322 g/mol. The number of hydrogen-bond donors (Lipinski definition) is 0. The highest BCUT2D eigenvalue weighted by molar-refractivity contribution is 4.50. The molecule has 0 aromatic heterocycles. The molecule has 3 aliphatic heterocycles. The van der Waals surface area contributed by atoms with Crippen LogP contribution in [-0.2, 0) is 4.74 Å². The summed E-state index contributed by atoms with van der Waals surface area (Å²) in [5, 5.41) is 0. The predicted octanol–water partition coefficient (Wildman–Crippen LogP) is 3.37. The molecule has 4 heteroatoms. The highest BCUT2D eigenvalue weighted by atomic mass is 16.5. The van der Waals surface area contributed by atoms with Crippen molar-refractivity contribution in [2.24, 2.45) is 0 Å². The van der Waals surface area contributed by atoms with Crippen molar-refractivity contribution in [3.05, 3.63) is 0 Å². The largest absolute Gasteiger partial charge is 0.370 e. The molecule has 3 heterocycles. The molecule has 0 amide bonds. The van der Waals surface area contributed by atoms with Crippen molar-refractivity contribution < 1.29 is 18.2 Å². The number of rotatable bonds is 3. The number of morpholine rings is 1. The quantitative estimate of drug-likeness (QED) is 0.690. The average Bonchev–Trinajstić information content (AvgIpc) is 3.11. The first-order valence-electron chi connectivity index (χ1n) is 11.4. The molecule has 0 atom stereocenters. The molecule has 0 spiro atoms. The molecule has 0 aromatic carbocycles. The fourth-order valence-electron chi connectivity index (χ4n) is 4.11. The summed E-state index contributed by atoms with van der Waals surface area (Å²) >= 11 is 0. The Hall–Kier alpha value is -0.160. The minimum atomic E-state index is 0.949. The van der Waals surface area contributed by atoms with Gasteiger partial charge in [0.2, 0.25) is 0 Å². The van der Waals surface area contributed by atoms with E-state index in [0.717, 1.165) is 13.2 Å². The summed E-state index contributed by atoms with van der Waals surface area (Å²) in [6.07, 6.45) is 7.26. The van der Waals surface area contributed by atoms with E-state index >= 15 is 0 Å². The maximum absolute atomic E-state index is 5.25. The zero-order valence-corrected chi connectivity index (χ0v) is 19.1. The normalized spacial score (nSPS) is 26.1. The third kappa shape index (κ3) is 8.69. The number of piperidine rings is 1. The second-order valence-corrected chi connectivity index (χ2v) is 9.53. The van der Waals surface area contributed by atoms with E-state index in [0.29, 0.717) is 0 Å². The molecule has 26 heavy (non-hydrogen) atoms. The van der Waals surface area contributed by atoms with Gasteiger partial charge in [-0.25, -0.2) is 0 Å². The summed E-state index contributed by atoms with van der Waals surface area (Å²) in [5.41, 5.74) is 0. The number of quaternary nitrogens is 3. The van der Waals surface area contributed by atoms with Crippen molar-refractivity contribution >= 4 is 0 Å². The first-order valence-corrected chi connectivity index (χ1v) is 11.4. The van der Waals surface area contributed by atoms with Crippen LogP contribution in [0.4, 0.5) is 0 Å². The number of hydrogen-bond acceptors (Lipinski definition) is 1. The Morgan fingerprint density at radius 3 is 1.08 bits per heavy atom. The molecule has 3 rings (SSSR count). The summed E-state index contributed by atoms with van der Waals surface area (Å²) in [7, 11) is 7.02. The first kappa shape index (κ1) is 23.9. The Balaban J connectivity index is 0.000000195. The van der Waals surface area contributed by atoms with Crippen molar-refractivity contribution in [2.45, 2.75) is 52.9 Å². The Kier molecular flexibility index (Phi) is 10.7. The zero-order chi connectivity index (χ0) is 19.5. The highest BCUT2D eigenvalue weighted by Gasteiger charge is 2.24. The molecule has 156 valence electrons. The van der Waals surface area contributed by atoms with Crippen molar-refractivity contribution in [1.29, 1.82) is 0 Å². The van der Waals surface area contributed by atoms with Crippen LogP contribution in [0.1, 0.15) is 52.9 Å². The molecule has 0 N–H and O–H groups in total. The summed E-state index contributed by atoms with van der Waals surface area (Å²) < 4.78 is 9.08. The van der Waals surface area contributed by atoms with E-state index in [1.54, 1.807) is 0 Å². The van der Waals surface area contributed by atoms with Crippen LogP contribution in [0.3, 0.4) is 0 Å². The average molecular weight is 373 g/mol. The van der Waals surface area contributed by atoms with E-state index in [-0.39, 0.29) is 0 Å². The second kappa shape index (κ2) is 11.6. The topological polar surface area (TPSA) is 9.23 Å². The van der Waals surface area contributed by atoms with E-state index in [4.69, 9.17) is 4.74 Å². The predicted molar refractivity (Wildman–Crippen MR) is 113 cm³/mol. The van der Waals surface area contributed by atoms with Crippen LogP contribution in [0.5, 0.6) is 0 Å². The van der Waals surface area contributed by atoms with E-state index in [1.807, 2.05) is 0 Å². The summed E-state index contributed by atoms with van der Waals surface area (Å²) in [6.45, 7) is 20.6. The SMILES string of the molecule is CC[N+]1(C)CCCC1.CC[N+]1(C)CCCCC1.CC[N+]1(C)CCOCC1. The number of ether oxygens (including phenoxy) is 1. The van der Waals surface area contributed by atoms with Gasteiger partial charge < -0.3 is 18.2 Å². The van der Waals surface area contributed by atoms with E-state index in [9.17, 15) is 0 Å². The van der Waals surface area contributed by atoms with Gasteiger partial charge in [0.15, 0.2) is 0 Å². The van der Waals surface area contributed by atoms with Gasteiger partial charge in [-0.05, 0) is 40.0 Å². The van der Waals surface area contributed by atoms with Crippen molar-refractivity contribution in [1.82, 2.24) is 0 Å². The molecule has 3 fully saturated rings. The number of likely N-dealkylation sites (tertiary alicyclic amines) is 2. The van der Waals surface area contributed by atoms with Crippen LogP contribution in [0.2, 0.25) is 0 Å². The molecule has 3 aliphatic rings. The van der Waals surface area contributed by atoms with Gasteiger partial charge in [-0.15, -0.1) is 0 Å². The Labute approximate surface area is 164 Å². The van der Waals surface area contributed by atoms with E-state index in [2.05, 4.69) is 41.9 Å². The lowest BCUT2D eigenvalue weighted by molar-refractivity contribution is -0.915. The van der Waals surface area contributed by atoms with Crippen LogP contribution in [0.15, 0.2) is 0 Å². The van der Waals surface area contributed by atoms with Gasteiger partial charge >= 0.3 is 0 Å². The lowest BCUT2D eigenvalue weighted by atomic mass is 10.1. The molecule has 4 nitrogen and oxygen atoms in total. The van der Waals surface area contributed by atoms with Gasteiger partial charge in [-0.1, -0.05) is 0 Å². The zero-order valence-electron chi connectivity index (χ0n) is 19.1. The summed E-state index contributed by atoms with van der Waals surface area (Å²) in [6, 6.07) is 0. The molecule has 0 saturated carbocycles. The number of nitrogens with zero attached hydrogens (tertiary/aromatic N) is 3. The van der Waals surface area contributed by atoms with Crippen LogP contribution in [-0.4, -0.2) is 107 Å². The molecule has 0 aliphatic carbocycles. The summed E-state index contributed by atoms with van der Waals surface area (Å²) in [4.78, 5) is 0. The van der Waals surface area contributed by atoms with Gasteiger partial charge in [-0.2, -0.15) is 0 Å². The standard InChI is InChI=1S/C8H18N.C7H16NO.C7H16N/c1-3-9(2)7-5-4-6-8-9;1-3-8(2)4-6-9-7-5-8;1-3-8(2)6-4-5-7-8/h3-8H2,1-2H3;3-7H2,1-2H3;3-7H2,1-2H3/q3*+1. The van der Waals surface area contributed by atoms with Crippen molar-refractivity contribution in [2.75, 3.05) is 93.3 Å². The van der Waals surface area contributed by atoms with Gasteiger partial charge in [0.05, 0.1) is 80.2 Å². The van der Waals surface area contributed by atoms with Gasteiger partial charge in [0.1, 0.15) is 13.1 Å². The molecule has 0 radical (unpaired) electrons. The van der Waals surface area contributed by atoms with Crippen LogP contribution < -0.4 is 0 Å². The van der Waals surface area contributed by atoms with Gasteiger partial charge in [0, 0.05) is 12.8 Å². The van der Waals surface area contributed by atoms with E-state index < -0.39 is 0 Å². The molecular formula is C22H50N3O+3. The monoisotopic (exact) mass is 372 g/mol. The molecule has 0 aromatic rings. The third-order valence-electron chi connectivity index (χ3n) is 7.38. The highest BCUT2D eigenvalue weighted by Crippen LogP contribution is 2.15. The second-order valence-electron chi connectivity index (χ2n) is 9.53. The van der Waals surface area contributed by atoms with Gasteiger partial charge in [-0.3, -0.25) is 0 Å². The fourth-order valence-corrected chi connectivity index (χ4v) is 4.11. The Morgan fingerprint density at radius 2 is 0.808 bits per heavy atom. The summed E-state index contributed by atoms with van der Waals surface area (Å²) in [5.74, 6) is 0. The van der Waals surface area contributed by atoms with Crippen molar-refractivity contribution in [3.8, 4) is 0 Å². The minimum Gasteiger partial charge on any atom is -0.370 e. The van der Waals surface area contributed by atoms with E-state index in [1.165, 1.54) is 104 Å². The lowest BCUT2D eigenvalue weighted by Gasteiger charge is -2.36. The van der Waals surface area contributed by atoms with Crippen LogP contribution in [0.25, 0.3) is 0 Å². The third-order valence-corrected chi connectivity index (χ3v) is 7.38. The molecule has 0 bridgehead atoms. The lowest BCUT2D eigenvalue weighted by Crippen LogP contribution is -2.51. The minimum absolute atomic E-state index is 0.949. The van der Waals surface area contributed by atoms with Gasteiger partial charge in [0.25, 0.3) is 0 Å². The molecule has 0 unspecified atom stereocenters. The smallest absolute Gasteiger partial charge is 0.102 e. The van der Waals surface area contributed by atoms with Crippen molar-refractivity contribution in [3.63, 3.8) is 0 Å². The maximum Gasteiger partial charge on any atom is 0.102 e. The first-order chi connectivity index (χ1) is 12.3. The Morgan fingerprint density at radius 1 is 0.500 bits per heavy atom.